The van der Waals surface area contributed by atoms with Crippen molar-refractivity contribution in [3.63, 3.8) is 0 Å². The lowest BCUT2D eigenvalue weighted by Gasteiger charge is -2.30. The molecule has 14 heteroatoms. The minimum absolute atomic E-state index is 0.104. The SMILES string of the molecule is COC(=O)NC(C(=O)N1CCC[C@H]1c1nc(-c2ccc(-c3cc4ccc3CCc3ccc(c(-c5c[nH]c([C@@H]6CCCN6C(=O)C(NC(=O)OC)C(C)C)n5)c3)CC4)cc2)c[nH]1)C(C)C. The lowest BCUT2D eigenvalue weighted by atomic mass is 9.88. The first kappa shape index (κ1) is 44.2. The van der Waals surface area contributed by atoms with E-state index in [1.165, 1.54) is 42.0 Å². The molecular formula is C50H60N8O6. The number of benzene rings is 3. The van der Waals surface area contributed by atoms with Gasteiger partial charge in [0.2, 0.25) is 11.8 Å². The molecule has 4 amide bonds. The van der Waals surface area contributed by atoms with Gasteiger partial charge in [-0.05, 0) is 103 Å². The highest BCUT2D eigenvalue weighted by Crippen LogP contribution is 2.37. The fourth-order valence-corrected chi connectivity index (χ4v) is 9.57. The molecule has 64 heavy (non-hydrogen) atoms. The van der Waals surface area contributed by atoms with Crippen molar-refractivity contribution in [3.05, 3.63) is 107 Å². The zero-order valence-corrected chi connectivity index (χ0v) is 37.7. The third-order valence-electron chi connectivity index (χ3n) is 13.2. The van der Waals surface area contributed by atoms with Gasteiger partial charge in [0.15, 0.2) is 0 Å². The van der Waals surface area contributed by atoms with Crippen molar-refractivity contribution >= 4 is 24.0 Å². The van der Waals surface area contributed by atoms with Crippen molar-refractivity contribution in [3.8, 4) is 33.6 Å². The van der Waals surface area contributed by atoms with Crippen LogP contribution in [0.5, 0.6) is 0 Å². The lowest BCUT2D eigenvalue weighted by Crippen LogP contribution is -2.51. The average Bonchev–Trinajstić information content (AvgIpc) is 4.15. The van der Waals surface area contributed by atoms with Crippen molar-refractivity contribution in [2.45, 2.75) is 103 Å². The summed E-state index contributed by atoms with van der Waals surface area (Å²) in [6, 6.07) is 20.5. The van der Waals surface area contributed by atoms with Crippen LogP contribution in [0.4, 0.5) is 9.59 Å². The Bertz CT molecular complexity index is 2490. The molecule has 4 N–H and O–H groups in total. The largest absolute Gasteiger partial charge is 0.453 e. The van der Waals surface area contributed by atoms with E-state index in [9.17, 15) is 19.2 Å². The first-order valence-corrected chi connectivity index (χ1v) is 22.7. The molecule has 4 aliphatic carbocycles. The molecule has 0 saturated carbocycles. The van der Waals surface area contributed by atoms with Crippen molar-refractivity contribution in [2.24, 2.45) is 11.8 Å². The number of hydrogen-bond donors (Lipinski definition) is 4. The van der Waals surface area contributed by atoms with Gasteiger partial charge in [0.25, 0.3) is 0 Å². The summed E-state index contributed by atoms with van der Waals surface area (Å²) in [4.78, 5) is 72.1. The van der Waals surface area contributed by atoms with E-state index in [0.29, 0.717) is 13.1 Å². The van der Waals surface area contributed by atoms with Crippen LogP contribution in [-0.4, -0.2) is 93.1 Å². The molecule has 2 unspecified atom stereocenters. The van der Waals surface area contributed by atoms with Crippen molar-refractivity contribution < 1.29 is 28.7 Å². The Balaban J connectivity index is 0.969. The maximum absolute atomic E-state index is 13.8. The van der Waals surface area contributed by atoms with Gasteiger partial charge in [0, 0.05) is 36.6 Å². The minimum Gasteiger partial charge on any atom is -0.453 e. The predicted molar refractivity (Wildman–Crippen MR) is 244 cm³/mol. The second-order valence-corrected chi connectivity index (χ2v) is 18.0. The number of aromatic amines is 2. The van der Waals surface area contributed by atoms with Crippen molar-refractivity contribution in [2.75, 3.05) is 27.3 Å². The number of aryl methyl sites for hydroxylation is 4. The number of alkyl carbamates (subject to hydrolysis) is 2. The Labute approximate surface area is 374 Å². The van der Waals surface area contributed by atoms with Gasteiger partial charge in [-0.1, -0.05) is 82.3 Å². The summed E-state index contributed by atoms with van der Waals surface area (Å²) in [5, 5.41) is 5.45. The highest BCUT2D eigenvalue weighted by molar-refractivity contribution is 5.87. The summed E-state index contributed by atoms with van der Waals surface area (Å²) in [5.41, 5.74) is 11.2. The molecule has 5 aromatic rings. The number of H-pyrrole nitrogens is 2. The standard InChI is InChI=1S/C50H60N8O6/c1-29(2)43(55-49(61)63-5)47(59)57-23-7-9-41(57)45-51-27-39(53-45)36-21-19-34(20-22-36)37-25-31-11-15-33(37)16-12-32-14-18-35(17-13-31)38(26-32)40-28-52-46(54-40)42-10-8-24-58(42)48(60)44(30(3)4)56-50(62)64-6/h11,14-15,18-22,25-30,41-44H,7-10,12-13,16-17,23-24H2,1-6H3,(H,51,53)(H,52,54)(H,55,61)(H,56,62)/t41-,42-,43?,44?/m0/s1. The Morgan fingerprint density at radius 1 is 0.609 bits per heavy atom. The summed E-state index contributed by atoms with van der Waals surface area (Å²) in [6.45, 7) is 8.87. The second-order valence-electron chi connectivity index (χ2n) is 18.0. The van der Waals surface area contributed by atoms with Crippen LogP contribution in [0.3, 0.4) is 0 Å². The van der Waals surface area contributed by atoms with Crippen LogP contribution < -0.4 is 10.6 Å². The predicted octanol–water partition coefficient (Wildman–Crippen LogP) is 8.11. The molecule has 6 aliphatic rings. The van der Waals surface area contributed by atoms with Gasteiger partial charge in [-0.3, -0.25) is 9.59 Å². The summed E-state index contributed by atoms with van der Waals surface area (Å²) in [6.07, 6.45) is 9.35. The first-order chi connectivity index (χ1) is 30.9. The summed E-state index contributed by atoms with van der Waals surface area (Å²) in [5.74, 6) is 1.04. The fourth-order valence-electron chi connectivity index (χ4n) is 9.57. The highest BCUT2D eigenvalue weighted by Gasteiger charge is 2.39. The number of nitrogens with zero attached hydrogens (tertiary/aromatic N) is 4. The molecular weight excluding hydrogens is 809 g/mol. The molecule has 2 saturated heterocycles. The fraction of sp³-hybridized carbons (Fsp3) is 0.440. The van der Waals surface area contributed by atoms with Gasteiger partial charge in [-0.25, -0.2) is 19.6 Å². The van der Waals surface area contributed by atoms with Crippen LogP contribution in [0.2, 0.25) is 0 Å². The molecule has 0 spiro atoms. The Kier molecular flexibility index (Phi) is 13.2. The molecule has 2 aromatic heterocycles. The van der Waals surface area contributed by atoms with E-state index >= 15 is 0 Å². The van der Waals surface area contributed by atoms with Gasteiger partial charge in [0.1, 0.15) is 23.7 Å². The van der Waals surface area contributed by atoms with E-state index in [1.807, 2.05) is 49.9 Å². The van der Waals surface area contributed by atoms with Crippen molar-refractivity contribution in [1.82, 2.24) is 40.4 Å². The van der Waals surface area contributed by atoms with Crippen LogP contribution in [-0.2, 0) is 44.7 Å². The third-order valence-corrected chi connectivity index (χ3v) is 13.2. The molecule has 336 valence electrons. The molecule has 0 radical (unpaired) electrons. The van der Waals surface area contributed by atoms with Gasteiger partial charge >= 0.3 is 12.2 Å². The highest BCUT2D eigenvalue weighted by atomic mass is 16.5. The molecule has 4 bridgehead atoms. The number of likely N-dealkylation sites (tertiary alicyclic amines) is 2. The van der Waals surface area contributed by atoms with Gasteiger partial charge in [-0.15, -0.1) is 0 Å². The Morgan fingerprint density at radius 2 is 1.06 bits per heavy atom. The quantitative estimate of drug-likeness (QED) is 0.103. The van der Waals surface area contributed by atoms with Crippen LogP contribution in [0.25, 0.3) is 33.6 Å². The zero-order valence-electron chi connectivity index (χ0n) is 37.7. The molecule has 11 rings (SSSR count). The molecule has 4 heterocycles. The molecule has 3 aromatic carbocycles. The second kappa shape index (κ2) is 19.1. The summed E-state index contributed by atoms with van der Waals surface area (Å²) < 4.78 is 9.60. The number of rotatable bonds is 11. The molecule has 2 fully saturated rings. The molecule has 4 atom stereocenters. The first-order valence-electron chi connectivity index (χ1n) is 22.7. The number of carbonyl (C=O) groups is 4. The number of hydrogen-bond acceptors (Lipinski definition) is 8. The van der Waals surface area contributed by atoms with Gasteiger partial charge in [-0.2, -0.15) is 0 Å². The number of nitrogens with one attached hydrogen (secondary N) is 4. The summed E-state index contributed by atoms with van der Waals surface area (Å²) >= 11 is 0. The molecule has 2 aliphatic heterocycles. The zero-order chi connectivity index (χ0) is 45.1. The van der Waals surface area contributed by atoms with E-state index < -0.39 is 24.3 Å². The maximum atomic E-state index is 13.8. The van der Waals surface area contributed by atoms with Gasteiger partial charge in [0.05, 0.1) is 37.7 Å². The van der Waals surface area contributed by atoms with E-state index in [1.54, 1.807) is 0 Å². The number of imidazole rings is 2. The van der Waals surface area contributed by atoms with E-state index in [-0.39, 0.29) is 35.7 Å². The smallest absolute Gasteiger partial charge is 0.407 e. The Hall–Kier alpha value is -6.44. The maximum Gasteiger partial charge on any atom is 0.407 e. The monoisotopic (exact) mass is 868 g/mol. The van der Waals surface area contributed by atoms with Crippen LogP contribution in [0, 0.1) is 11.8 Å². The van der Waals surface area contributed by atoms with Crippen LogP contribution in [0.15, 0.2) is 73.1 Å². The number of aromatic nitrogens is 4. The topological polar surface area (TPSA) is 175 Å². The van der Waals surface area contributed by atoms with Crippen molar-refractivity contribution in [1.29, 1.82) is 0 Å². The lowest BCUT2D eigenvalue weighted by molar-refractivity contribution is -0.136. The van der Waals surface area contributed by atoms with E-state index in [2.05, 4.69) is 81.3 Å². The average molecular weight is 869 g/mol. The normalized spacial score (nSPS) is 18.2. The number of carbonyl (C=O) groups excluding carboxylic acids is 4. The van der Waals surface area contributed by atoms with Gasteiger partial charge < -0.3 is 39.9 Å². The minimum atomic E-state index is -0.688. The Morgan fingerprint density at radius 3 is 1.56 bits per heavy atom. The number of ether oxygens (including phenoxy) is 2. The van der Waals surface area contributed by atoms with E-state index in [0.717, 1.165) is 91.1 Å². The molecule has 14 nitrogen and oxygen atoms in total. The van der Waals surface area contributed by atoms with Crippen LogP contribution in [0.1, 0.15) is 99.4 Å². The third kappa shape index (κ3) is 9.27. The summed E-state index contributed by atoms with van der Waals surface area (Å²) in [7, 11) is 2.60. The van der Waals surface area contributed by atoms with E-state index in [4.69, 9.17) is 19.4 Å². The number of amides is 4. The number of methoxy groups -OCH3 is 2. The van der Waals surface area contributed by atoms with Crippen LogP contribution >= 0.6 is 0 Å².